The number of nitro benzene ring substituents is 1. The average molecular weight is 327 g/mol. The van der Waals surface area contributed by atoms with E-state index >= 15 is 0 Å². The van der Waals surface area contributed by atoms with Gasteiger partial charge in [0, 0.05) is 23.2 Å². The van der Waals surface area contributed by atoms with Crippen LogP contribution in [0.5, 0.6) is 0 Å². The molecule has 2 aromatic rings. The molecule has 0 amide bonds. The lowest BCUT2D eigenvalue weighted by Crippen LogP contribution is -2.26. The Balaban J connectivity index is 2.28. The van der Waals surface area contributed by atoms with E-state index in [2.05, 4.69) is 9.71 Å². The summed E-state index contributed by atoms with van der Waals surface area (Å²) in [6.07, 6.45) is 1.60. The Morgan fingerprint density at radius 2 is 2.14 bits per heavy atom. The van der Waals surface area contributed by atoms with Gasteiger partial charge in [0.05, 0.1) is 15.9 Å². The van der Waals surface area contributed by atoms with Crippen molar-refractivity contribution >= 4 is 27.0 Å². The molecule has 1 atom stereocenters. The number of nitrogens with zero attached hydrogens (tertiary/aromatic N) is 2. The van der Waals surface area contributed by atoms with Crippen LogP contribution in [0.2, 0.25) is 0 Å². The van der Waals surface area contributed by atoms with Crippen LogP contribution in [0, 0.1) is 17.0 Å². The molecular formula is C12H13N3O4S2. The van der Waals surface area contributed by atoms with E-state index in [1.165, 1.54) is 36.5 Å². The molecule has 1 aromatic carbocycles. The van der Waals surface area contributed by atoms with Crippen molar-refractivity contribution in [3.05, 3.63) is 50.5 Å². The maximum absolute atomic E-state index is 12.3. The summed E-state index contributed by atoms with van der Waals surface area (Å²) in [6.45, 7) is 3.19. The molecule has 1 heterocycles. The fourth-order valence-electron chi connectivity index (χ4n) is 1.80. The Morgan fingerprint density at radius 1 is 1.43 bits per heavy atom. The van der Waals surface area contributed by atoms with Gasteiger partial charge < -0.3 is 0 Å². The monoisotopic (exact) mass is 327 g/mol. The summed E-state index contributed by atoms with van der Waals surface area (Å²) >= 11 is 1.35. The van der Waals surface area contributed by atoms with Gasteiger partial charge >= 0.3 is 0 Å². The highest BCUT2D eigenvalue weighted by molar-refractivity contribution is 7.89. The molecule has 7 nitrogen and oxygen atoms in total. The number of benzene rings is 1. The number of rotatable bonds is 5. The first-order valence-electron chi connectivity index (χ1n) is 5.98. The van der Waals surface area contributed by atoms with E-state index in [9.17, 15) is 18.5 Å². The van der Waals surface area contributed by atoms with E-state index in [0.29, 0.717) is 10.6 Å². The molecule has 2 rings (SSSR count). The van der Waals surface area contributed by atoms with E-state index < -0.39 is 21.0 Å². The fraction of sp³-hybridized carbons (Fsp3) is 0.250. The minimum Gasteiger partial charge on any atom is -0.258 e. The number of aryl methyl sites for hydroxylation is 1. The van der Waals surface area contributed by atoms with Gasteiger partial charge in [0.25, 0.3) is 5.69 Å². The van der Waals surface area contributed by atoms with Gasteiger partial charge in [-0.05, 0) is 26.0 Å². The van der Waals surface area contributed by atoms with Gasteiger partial charge in [0.1, 0.15) is 5.01 Å². The van der Waals surface area contributed by atoms with Crippen LogP contribution in [0.1, 0.15) is 23.5 Å². The lowest BCUT2D eigenvalue weighted by molar-refractivity contribution is -0.385. The molecule has 0 fully saturated rings. The minimum atomic E-state index is -3.76. The second-order valence-electron chi connectivity index (χ2n) is 4.42. The Bertz CT molecular complexity index is 757. The predicted octanol–water partition coefficient (Wildman–Crippen LogP) is 2.40. The summed E-state index contributed by atoms with van der Waals surface area (Å²) in [6, 6.07) is 3.24. The molecule has 0 aliphatic rings. The summed E-state index contributed by atoms with van der Waals surface area (Å²) in [4.78, 5) is 14.3. The molecule has 0 aliphatic heterocycles. The summed E-state index contributed by atoms with van der Waals surface area (Å²) in [5, 5.41) is 13.2. The highest BCUT2D eigenvalue weighted by atomic mass is 32.2. The topological polar surface area (TPSA) is 102 Å². The van der Waals surface area contributed by atoms with E-state index in [4.69, 9.17) is 0 Å². The standard InChI is InChI=1S/C12H13N3O4S2/c1-8-7-10(3-4-11(8)15(16)17)21(18,19)14-9(2)12-13-5-6-20-12/h3-7,9,14H,1-2H3/t9-/m0/s1. The molecule has 0 radical (unpaired) electrons. The number of hydrogen-bond donors (Lipinski definition) is 1. The van der Waals surface area contributed by atoms with Crippen molar-refractivity contribution in [3.8, 4) is 0 Å². The molecule has 21 heavy (non-hydrogen) atoms. The van der Waals surface area contributed by atoms with Gasteiger partial charge in [-0.1, -0.05) is 0 Å². The third-order valence-corrected chi connectivity index (χ3v) is 5.33. The molecule has 0 saturated carbocycles. The SMILES string of the molecule is Cc1cc(S(=O)(=O)N[C@@H](C)c2nccs2)ccc1[N+](=O)[O-]. The van der Waals surface area contributed by atoms with E-state index in [1.54, 1.807) is 18.5 Å². The Kier molecular flexibility index (Phi) is 4.35. The first-order chi connectivity index (χ1) is 9.81. The lowest BCUT2D eigenvalue weighted by atomic mass is 10.2. The quantitative estimate of drug-likeness (QED) is 0.671. The van der Waals surface area contributed by atoms with Gasteiger partial charge in [-0.2, -0.15) is 0 Å². The number of aromatic nitrogens is 1. The summed E-state index contributed by atoms with van der Waals surface area (Å²) in [5.74, 6) is 0. The molecule has 0 saturated heterocycles. The van der Waals surface area contributed by atoms with Crippen LogP contribution in [0.25, 0.3) is 0 Å². The summed E-state index contributed by atoms with van der Waals surface area (Å²) in [5.41, 5.74) is 0.187. The Morgan fingerprint density at radius 3 is 2.67 bits per heavy atom. The zero-order chi connectivity index (χ0) is 15.6. The third kappa shape index (κ3) is 3.43. The number of hydrogen-bond acceptors (Lipinski definition) is 6. The van der Waals surface area contributed by atoms with Crippen LogP contribution in [-0.4, -0.2) is 18.3 Å². The van der Waals surface area contributed by atoms with Crippen molar-refractivity contribution < 1.29 is 13.3 Å². The number of nitro groups is 1. The van der Waals surface area contributed by atoms with Crippen molar-refractivity contribution in [2.45, 2.75) is 24.8 Å². The minimum absolute atomic E-state index is 0.00555. The number of sulfonamides is 1. The molecule has 1 aromatic heterocycles. The van der Waals surface area contributed by atoms with Gasteiger partial charge in [0.15, 0.2) is 0 Å². The second-order valence-corrected chi connectivity index (χ2v) is 7.06. The van der Waals surface area contributed by atoms with Crippen LogP contribution in [0.3, 0.4) is 0 Å². The zero-order valence-corrected chi connectivity index (χ0v) is 12.9. The van der Waals surface area contributed by atoms with Crippen molar-refractivity contribution in [1.82, 2.24) is 9.71 Å². The third-order valence-electron chi connectivity index (χ3n) is 2.83. The van der Waals surface area contributed by atoms with Crippen LogP contribution in [0.15, 0.2) is 34.7 Å². The fourth-order valence-corrected chi connectivity index (χ4v) is 3.81. The van der Waals surface area contributed by atoms with Crippen molar-refractivity contribution in [2.24, 2.45) is 0 Å². The van der Waals surface area contributed by atoms with Gasteiger partial charge in [-0.15, -0.1) is 11.3 Å². The smallest absolute Gasteiger partial charge is 0.258 e. The lowest BCUT2D eigenvalue weighted by Gasteiger charge is -2.12. The van der Waals surface area contributed by atoms with Crippen molar-refractivity contribution in [2.75, 3.05) is 0 Å². The van der Waals surface area contributed by atoms with Crippen LogP contribution < -0.4 is 4.72 Å². The van der Waals surface area contributed by atoms with Gasteiger partial charge in [-0.3, -0.25) is 10.1 Å². The second kappa shape index (κ2) is 5.88. The highest BCUT2D eigenvalue weighted by Gasteiger charge is 2.22. The zero-order valence-electron chi connectivity index (χ0n) is 11.3. The molecular weight excluding hydrogens is 314 g/mol. The molecule has 0 aliphatic carbocycles. The first-order valence-corrected chi connectivity index (χ1v) is 8.34. The molecule has 112 valence electrons. The average Bonchev–Trinajstić information content (AvgIpc) is 2.91. The molecule has 0 bridgehead atoms. The van der Waals surface area contributed by atoms with Crippen LogP contribution in [0.4, 0.5) is 5.69 Å². The summed E-state index contributed by atoms with van der Waals surface area (Å²) in [7, 11) is -3.76. The van der Waals surface area contributed by atoms with E-state index in [0.717, 1.165) is 0 Å². The maximum Gasteiger partial charge on any atom is 0.272 e. The van der Waals surface area contributed by atoms with Gasteiger partial charge in [-0.25, -0.2) is 18.1 Å². The maximum atomic E-state index is 12.3. The molecule has 9 heteroatoms. The van der Waals surface area contributed by atoms with E-state index in [1.807, 2.05) is 0 Å². The van der Waals surface area contributed by atoms with Crippen molar-refractivity contribution in [1.29, 1.82) is 0 Å². The number of nitrogens with one attached hydrogen (secondary N) is 1. The van der Waals surface area contributed by atoms with Crippen LogP contribution >= 0.6 is 11.3 Å². The van der Waals surface area contributed by atoms with Crippen LogP contribution in [-0.2, 0) is 10.0 Å². The highest BCUT2D eigenvalue weighted by Crippen LogP contribution is 2.23. The number of thiazole rings is 1. The molecule has 1 N–H and O–H groups in total. The van der Waals surface area contributed by atoms with E-state index in [-0.39, 0.29) is 10.6 Å². The van der Waals surface area contributed by atoms with Crippen molar-refractivity contribution in [3.63, 3.8) is 0 Å². The normalized spacial score (nSPS) is 13.0. The molecule has 0 unspecified atom stereocenters. The largest absolute Gasteiger partial charge is 0.272 e. The summed E-state index contributed by atoms with van der Waals surface area (Å²) < 4.78 is 27.0. The first kappa shape index (κ1) is 15.5. The Hall–Kier alpha value is -1.84. The van der Waals surface area contributed by atoms with Gasteiger partial charge in [0.2, 0.25) is 10.0 Å². The Labute approximate surface area is 125 Å². The predicted molar refractivity (Wildman–Crippen MR) is 78.7 cm³/mol. The molecule has 0 spiro atoms.